The topological polar surface area (TPSA) is 84.7 Å². The highest BCUT2D eigenvalue weighted by atomic mass is 79.9. The number of rotatable bonds is 13. The van der Waals surface area contributed by atoms with Gasteiger partial charge in [0.1, 0.15) is 49.4 Å². The number of nitrogens with zero attached hydrogens (tertiary/aromatic N) is 3. The Balaban J connectivity index is 1.59. The van der Waals surface area contributed by atoms with Crippen molar-refractivity contribution in [2.75, 3.05) is 20.2 Å². The molecule has 1 heterocycles. The average molecular weight is 639 g/mol. The zero-order valence-electron chi connectivity index (χ0n) is 24.4. The predicted molar refractivity (Wildman–Crippen MR) is 170 cm³/mol. The number of nitriles is 1. The molecular formula is C35H32BrN3O4. The van der Waals surface area contributed by atoms with E-state index >= 15 is 0 Å². The molecule has 0 aliphatic carbocycles. The van der Waals surface area contributed by atoms with Crippen LogP contribution in [0.5, 0.6) is 17.2 Å². The van der Waals surface area contributed by atoms with Gasteiger partial charge in [0.05, 0.1) is 16.6 Å². The number of ether oxygens (including phenoxy) is 3. The van der Waals surface area contributed by atoms with Crippen molar-refractivity contribution in [2.24, 2.45) is 0 Å². The van der Waals surface area contributed by atoms with E-state index in [0.29, 0.717) is 30.2 Å². The van der Waals surface area contributed by atoms with Crippen LogP contribution < -0.4 is 14.2 Å². The average Bonchev–Trinajstić information content (AvgIpc) is 3.00. The minimum Gasteiger partial charge on any atom is -0.488 e. The summed E-state index contributed by atoms with van der Waals surface area (Å²) in [6, 6.07) is 19.8. The highest BCUT2D eigenvalue weighted by Crippen LogP contribution is 2.36. The van der Waals surface area contributed by atoms with Gasteiger partial charge in [-0.2, -0.15) is 5.26 Å². The van der Waals surface area contributed by atoms with Gasteiger partial charge in [-0.05, 0) is 82.8 Å². The monoisotopic (exact) mass is 637 g/mol. The van der Waals surface area contributed by atoms with Crippen molar-refractivity contribution in [3.05, 3.63) is 105 Å². The van der Waals surface area contributed by atoms with Crippen molar-refractivity contribution in [3.63, 3.8) is 0 Å². The third kappa shape index (κ3) is 8.02. The molecule has 0 aliphatic rings. The maximum absolute atomic E-state index is 11.1. The van der Waals surface area contributed by atoms with Gasteiger partial charge in [-0.15, -0.1) is 6.42 Å². The van der Waals surface area contributed by atoms with Gasteiger partial charge in [0.15, 0.2) is 0 Å². The minimum absolute atomic E-state index is 0.215. The molecule has 7 nitrogen and oxygen atoms in total. The molecule has 0 fully saturated rings. The number of terminal acetylenes is 1. The molecule has 4 rings (SSSR count). The van der Waals surface area contributed by atoms with E-state index in [2.05, 4.69) is 58.0 Å². The van der Waals surface area contributed by atoms with Crippen LogP contribution >= 0.6 is 15.9 Å². The molecule has 0 saturated heterocycles. The second-order valence-electron chi connectivity index (χ2n) is 10.0. The van der Waals surface area contributed by atoms with E-state index < -0.39 is 0 Å². The van der Waals surface area contributed by atoms with Gasteiger partial charge in [-0.25, -0.2) is 0 Å². The number of hydrogen-bond acceptors (Lipinski definition) is 7. The van der Waals surface area contributed by atoms with Crippen LogP contribution in [-0.2, 0) is 24.6 Å². The van der Waals surface area contributed by atoms with E-state index in [1.54, 1.807) is 12.3 Å². The molecule has 0 unspecified atom stereocenters. The first kappa shape index (κ1) is 31.3. The molecule has 4 aromatic rings. The van der Waals surface area contributed by atoms with Crippen LogP contribution in [0.15, 0.2) is 71.5 Å². The molecule has 0 saturated carbocycles. The van der Waals surface area contributed by atoms with Crippen LogP contribution in [0.1, 0.15) is 33.4 Å². The fourth-order valence-electron chi connectivity index (χ4n) is 4.68. The number of aromatic nitrogens is 1. The number of hydrogen-bond donors (Lipinski definition) is 0. The second kappa shape index (κ2) is 15.0. The number of benzene rings is 3. The van der Waals surface area contributed by atoms with Gasteiger partial charge < -0.3 is 19.0 Å². The van der Waals surface area contributed by atoms with Gasteiger partial charge in [-0.1, -0.05) is 36.3 Å². The number of aldehydes is 1. The van der Waals surface area contributed by atoms with Crippen molar-refractivity contribution >= 4 is 22.2 Å². The molecule has 8 heteroatoms. The first-order chi connectivity index (χ1) is 20.8. The highest BCUT2D eigenvalue weighted by Gasteiger charge is 2.16. The molecule has 1 aromatic heterocycles. The van der Waals surface area contributed by atoms with Gasteiger partial charge in [0.25, 0.3) is 0 Å². The lowest BCUT2D eigenvalue weighted by Gasteiger charge is -2.20. The van der Waals surface area contributed by atoms with Crippen LogP contribution in [0.25, 0.3) is 11.1 Å². The van der Waals surface area contributed by atoms with Crippen LogP contribution in [0, 0.1) is 37.5 Å². The first-order valence-corrected chi connectivity index (χ1v) is 14.4. The zero-order chi connectivity index (χ0) is 30.8. The summed E-state index contributed by atoms with van der Waals surface area (Å²) in [4.78, 5) is 17.1. The Labute approximate surface area is 261 Å². The molecule has 0 atom stereocenters. The van der Waals surface area contributed by atoms with Gasteiger partial charge >= 0.3 is 0 Å². The fraction of sp³-hybridized carbons (Fsp3) is 0.229. The smallest absolute Gasteiger partial charge is 0.148 e. The zero-order valence-corrected chi connectivity index (χ0v) is 26.0. The second-order valence-corrected chi connectivity index (χ2v) is 10.9. The third-order valence-electron chi connectivity index (χ3n) is 6.97. The quantitative estimate of drug-likeness (QED) is 0.118. The summed E-state index contributed by atoms with van der Waals surface area (Å²) in [6.07, 6.45) is 9.44. The molecular weight excluding hydrogens is 606 g/mol. The molecule has 0 aliphatic heterocycles. The fourth-order valence-corrected chi connectivity index (χ4v) is 5.19. The maximum Gasteiger partial charge on any atom is 0.148 e. The van der Waals surface area contributed by atoms with Crippen molar-refractivity contribution in [2.45, 2.75) is 33.6 Å². The predicted octanol–water partition coefficient (Wildman–Crippen LogP) is 6.80. The van der Waals surface area contributed by atoms with E-state index in [-0.39, 0.29) is 19.8 Å². The number of carbonyl (C=O) groups excluding carboxylic acids is 1. The van der Waals surface area contributed by atoms with E-state index in [1.165, 1.54) is 6.20 Å². The Morgan fingerprint density at radius 1 is 0.930 bits per heavy atom. The van der Waals surface area contributed by atoms with Crippen LogP contribution in [0.2, 0.25) is 0 Å². The van der Waals surface area contributed by atoms with Crippen molar-refractivity contribution in [3.8, 4) is 46.8 Å². The summed E-state index contributed by atoms with van der Waals surface area (Å²) in [7, 11) is 1.87. The minimum atomic E-state index is 0.215. The lowest BCUT2D eigenvalue weighted by Crippen LogP contribution is -2.20. The van der Waals surface area contributed by atoms with Crippen LogP contribution in [0.3, 0.4) is 0 Å². The standard InChI is InChI=1S/C35H32BrN3O4/c1-5-14-41-33-11-7-10-31(25(33)3)30-9-6-8-28(24(30)2)23-43-35-17-34(29(16-32(35)36)21-39(4)12-13-40)42-22-27-15-26(18-37)19-38-20-27/h1,6-11,13,15-17,19-20H,12,14,21-23H2,2-4H3. The van der Waals surface area contributed by atoms with Crippen LogP contribution in [0.4, 0.5) is 0 Å². The number of carbonyl (C=O) groups is 1. The summed E-state index contributed by atoms with van der Waals surface area (Å²) in [5.41, 5.74) is 7.45. The van der Waals surface area contributed by atoms with E-state index in [4.69, 9.17) is 20.6 Å². The number of pyridine rings is 1. The molecule has 0 spiro atoms. The van der Waals surface area contributed by atoms with E-state index in [9.17, 15) is 10.1 Å². The maximum atomic E-state index is 11.1. The Bertz CT molecular complexity index is 1690. The Kier molecular flexibility index (Phi) is 10.9. The highest BCUT2D eigenvalue weighted by molar-refractivity contribution is 9.10. The summed E-state index contributed by atoms with van der Waals surface area (Å²) in [6.45, 7) is 5.67. The molecule has 218 valence electrons. The summed E-state index contributed by atoms with van der Waals surface area (Å²) in [5.74, 6) is 4.52. The summed E-state index contributed by atoms with van der Waals surface area (Å²) >= 11 is 3.66. The molecule has 0 N–H and O–H groups in total. The SMILES string of the molecule is C#CCOc1cccc(-c2cccc(COc3cc(OCc4cncc(C#N)c4)c(CN(C)CC=O)cc3Br)c2C)c1C. The summed E-state index contributed by atoms with van der Waals surface area (Å²) in [5, 5.41) is 9.22. The van der Waals surface area contributed by atoms with Crippen molar-refractivity contribution < 1.29 is 19.0 Å². The van der Waals surface area contributed by atoms with Gasteiger partial charge in [-0.3, -0.25) is 9.88 Å². The molecule has 3 aromatic carbocycles. The van der Waals surface area contributed by atoms with E-state index in [0.717, 1.165) is 55.5 Å². The Morgan fingerprint density at radius 3 is 2.42 bits per heavy atom. The van der Waals surface area contributed by atoms with Crippen molar-refractivity contribution in [1.29, 1.82) is 5.26 Å². The van der Waals surface area contributed by atoms with Crippen LogP contribution in [-0.4, -0.2) is 36.4 Å². The normalized spacial score (nSPS) is 10.6. The summed E-state index contributed by atoms with van der Waals surface area (Å²) < 4.78 is 19.1. The largest absolute Gasteiger partial charge is 0.488 e. The number of halogens is 1. The lowest BCUT2D eigenvalue weighted by molar-refractivity contribution is -0.108. The van der Waals surface area contributed by atoms with Gasteiger partial charge in [0.2, 0.25) is 0 Å². The Morgan fingerprint density at radius 2 is 1.67 bits per heavy atom. The molecule has 0 bridgehead atoms. The van der Waals surface area contributed by atoms with E-state index in [1.807, 2.05) is 49.2 Å². The lowest BCUT2D eigenvalue weighted by atomic mass is 9.93. The number of likely N-dealkylation sites (N-methyl/N-ethyl adjacent to an activating group) is 1. The van der Waals surface area contributed by atoms with Gasteiger partial charge in [0, 0.05) is 36.1 Å². The first-order valence-electron chi connectivity index (χ1n) is 13.6. The molecule has 0 amide bonds. The molecule has 0 radical (unpaired) electrons. The Hall–Kier alpha value is -4.63. The third-order valence-corrected chi connectivity index (χ3v) is 7.59. The molecule has 43 heavy (non-hydrogen) atoms. The van der Waals surface area contributed by atoms with Crippen molar-refractivity contribution in [1.82, 2.24) is 9.88 Å².